The van der Waals surface area contributed by atoms with Crippen LogP contribution in [-0.4, -0.2) is 0 Å². The summed E-state index contributed by atoms with van der Waals surface area (Å²) in [6.07, 6.45) is 0. The molecule has 0 saturated carbocycles. The van der Waals surface area contributed by atoms with E-state index in [9.17, 15) is 9.65 Å². The molecule has 0 fully saturated rings. The number of nitriles is 1. The van der Waals surface area contributed by atoms with Crippen LogP contribution in [0.2, 0.25) is 0 Å². The number of halogens is 3. The van der Waals surface area contributed by atoms with Gasteiger partial charge in [-0.05, 0) is 29.6 Å². The van der Waals surface area contributed by atoms with E-state index in [-0.39, 0.29) is 5.82 Å². The Hall–Kier alpha value is -1.15. The molecule has 0 N–H and O–H groups in total. The first kappa shape index (κ1) is 13.3. The lowest BCUT2D eigenvalue weighted by atomic mass is 10.1. The van der Waals surface area contributed by atoms with Gasteiger partial charge in [-0.3, -0.25) is 0 Å². The number of allylic oxidation sites excluding steroid dienone is 1. The highest BCUT2D eigenvalue weighted by Crippen LogP contribution is 2.35. The molecule has 1 aromatic carbocycles. The van der Waals surface area contributed by atoms with Crippen LogP contribution in [0.5, 0.6) is 0 Å². The second-order valence-electron chi connectivity index (χ2n) is 3.40. The third-order valence-corrected chi connectivity index (χ3v) is 4.20. The van der Waals surface area contributed by atoms with Crippen LogP contribution < -0.4 is 0 Å². The molecule has 1 aromatic heterocycles. The molecule has 0 aliphatic carbocycles. The molecule has 2 rings (SSSR count). The smallest absolute Gasteiger partial charge is 0.124 e. The topological polar surface area (TPSA) is 23.8 Å². The summed E-state index contributed by atoms with van der Waals surface area (Å²) in [6.45, 7) is 0. The Morgan fingerprint density at radius 3 is 2.72 bits per heavy atom. The van der Waals surface area contributed by atoms with Crippen molar-refractivity contribution in [3.8, 4) is 6.07 Å². The molecule has 2 aromatic rings. The summed E-state index contributed by atoms with van der Waals surface area (Å²) in [5, 5.41) is 11.4. The highest BCUT2D eigenvalue weighted by Gasteiger charge is 2.13. The minimum absolute atomic E-state index is 0.312. The molecule has 90 valence electrons. The molecule has 0 saturated heterocycles. The van der Waals surface area contributed by atoms with E-state index in [0.717, 1.165) is 4.88 Å². The zero-order valence-corrected chi connectivity index (χ0v) is 12.1. The van der Waals surface area contributed by atoms with E-state index in [1.165, 1.54) is 23.5 Å². The molecule has 0 bridgehead atoms. The first-order valence-electron chi connectivity index (χ1n) is 4.92. The van der Waals surface area contributed by atoms with Crippen LogP contribution in [0.25, 0.3) is 10.6 Å². The third kappa shape index (κ3) is 2.64. The van der Waals surface area contributed by atoms with Gasteiger partial charge in [0.2, 0.25) is 0 Å². The van der Waals surface area contributed by atoms with Crippen molar-refractivity contribution in [3.63, 3.8) is 0 Å². The number of hydrogen-bond acceptors (Lipinski definition) is 2. The first-order valence-corrected chi connectivity index (χ1v) is 6.97. The summed E-state index contributed by atoms with van der Waals surface area (Å²) in [7, 11) is 0. The molecule has 0 spiro atoms. The van der Waals surface area contributed by atoms with Crippen LogP contribution in [0.3, 0.4) is 0 Å². The lowest BCUT2D eigenvalue weighted by molar-refractivity contribution is 0.627. The third-order valence-electron chi connectivity index (χ3n) is 2.27. The summed E-state index contributed by atoms with van der Waals surface area (Å²) in [6, 6.07) is 9.94. The molecule has 0 radical (unpaired) electrons. The zero-order valence-electron chi connectivity index (χ0n) is 8.95. The van der Waals surface area contributed by atoms with E-state index in [1.54, 1.807) is 6.07 Å². The first-order chi connectivity index (χ1) is 8.63. The van der Waals surface area contributed by atoms with E-state index in [1.807, 2.05) is 17.5 Å². The molecular formula is C13H6BrClFNS. The van der Waals surface area contributed by atoms with Gasteiger partial charge in [-0.25, -0.2) is 4.39 Å². The minimum Gasteiger partial charge on any atom is -0.207 e. The second-order valence-corrected chi connectivity index (χ2v) is 5.58. The average molecular weight is 343 g/mol. The van der Waals surface area contributed by atoms with Gasteiger partial charge in [0.25, 0.3) is 0 Å². The SMILES string of the molecule is N#CC(=C(Cl)c1ccc(F)cc1Br)c1cccs1. The van der Waals surface area contributed by atoms with Crippen LogP contribution in [0.4, 0.5) is 4.39 Å². The van der Waals surface area contributed by atoms with Crippen LogP contribution in [0, 0.1) is 17.1 Å². The Balaban J connectivity index is 2.58. The lowest BCUT2D eigenvalue weighted by Crippen LogP contribution is -1.86. The van der Waals surface area contributed by atoms with Gasteiger partial charge in [0.1, 0.15) is 11.9 Å². The van der Waals surface area contributed by atoms with E-state index < -0.39 is 0 Å². The van der Waals surface area contributed by atoms with Crippen molar-refractivity contribution in [2.45, 2.75) is 0 Å². The van der Waals surface area contributed by atoms with Crippen molar-refractivity contribution in [2.24, 2.45) is 0 Å². The van der Waals surface area contributed by atoms with Crippen molar-refractivity contribution >= 4 is 49.5 Å². The quantitative estimate of drug-likeness (QED) is 0.681. The number of thiophene rings is 1. The van der Waals surface area contributed by atoms with Gasteiger partial charge in [0, 0.05) is 14.9 Å². The van der Waals surface area contributed by atoms with Crippen molar-refractivity contribution in [3.05, 3.63) is 56.4 Å². The van der Waals surface area contributed by atoms with Gasteiger partial charge in [-0.2, -0.15) is 5.26 Å². The van der Waals surface area contributed by atoms with Crippen molar-refractivity contribution in [2.75, 3.05) is 0 Å². The highest BCUT2D eigenvalue weighted by molar-refractivity contribution is 9.10. The molecule has 0 aliphatic rings. The second kappa shape index (κ2) is 5.66. The van der Waals surface area contributed by atoms with Crippen LogP contribution in [-0.2, 0) is 0 Å². The van der Waals surface area contributed by atoms with Gasteiger partial charge in [0.15, 0.2) is 0 Å². The van der Waals surface area contributed by atoms with Gasteiger partial charge in [-0.15, -0.1) is 11.3 Å². The van der Waals surface area contributed by atoms with E-state index in [4.69, 9.17) is 11.6 Å². The van der Waals surface area contributed by atoms with Gasteiger partial charge in [-0.1, -0.05) is 33.6 Å². The fraction of sp³-hybridized carbons (Fsp3) is 0. The molecule has 18 heavy (non-hydrogen) atoms. The normalized spacial score (nSPS) is 11.9. The highest BCUT2D eigenvalue weighted by atomic mass is 79.9. The molecule has 1 nitrogen and oxygen atoms in total. The molecule has 5 heteroatoms. The summed E-state index contributed by atoms with van der Waals surface area (Å²) >= 11 is 10.9. The Labute approximate surface area is 121 Å². The Morgan fingerprint density at radius 2 is 2.17 bits per heavy atom. The van der Waals surface area contributed by atoms with E-state index >= 15 is 0 Å². The summed E-state index contributed by atoms with van der Waals surface area (Å²) < 4.78 is 13.5. The molecule has 0 amide bonds. The van der Waals surface area contributed by atoms with Crippen molar-refractivity contribution in [1.82, 2.24) is 0 Å². The fourth-order valence-corrected chi connectivity index (χ4v) is 3.19. The van der Waals surface area contributed by atoms with Crippen LogP contribution in [0.15, 0.2) is 40.2 Å². The van der Waals surface area contributed by atoms with Gasteiger partial charge >= 0.3 is 0 Å². The van der Waals surface area contributed by atoms with Gasteiger partial charge in [0.05, 0.1) is 10.6 Å². The lowest BCUT2D eigenvalue weighted by Gasteiger charge is -2.05. The molecule has 0 unspecified atom stereocenters. The van der Waals surface area contributed by atoms with Crippen LogP contribution >= 0.6 is 38.9 Å². The maximum atomic E-state index is 13.0. The van der Waals surface area contributed by atoms with E-state index in [2.05, 4.69) is 22.0 Å². The number of benzene rings is 1. The van der Waals surface area contributed by atoms with Crippen molar-refractivity contribution in [1.29, 1.82) is 5.26 Å². The maximum Gasteiger partial charge on any atom is 0.124 e. The standard InChI is InChI=1S/C13H6BrClFNS/c14-11-6-8(16)3-4-9(11)13(15)10(7-17)12-2-1-5-18-12/h1-6H. The molecule has 0 atom stereocenters. The van der Waals surface area contributed by atoms with Crippen molar-refractivity contribution < 1.29 is 4.39 Å². The summed E-state index contributed by atoms with van der Waals surface area (Å²) in [5.74, 6) is -0.357. The predicted octanol–water partition coefficient (Wildman–Crippen LogP) is 5.28. The van der Waals surface area contributed by atoms with Crippen LogP contribution in [0.1, 0.15) is 10.4 Å². The van der Waals surface area contributed by atoms with Gasteiger partial charge < -0.3 is 0 Å². The Kier molecular flexibility index (Phi) is 4.18. The average Bonchev–Trinajstić information content (AvgIpc) is 2.83. The molecule has 0 aliphatic heterocycles. The fourth-order valence-electron chi connectivity index (χ4n) is 1.44. The maximum absolute atomic E-state index is 13.0. The summed E-state index contributed by atoms with van der Waals surface area (Å²) in [5.41, 5.74) is 0.988. The largest absolute Gasteiger partial charge is 0.207 e. The zero-order chi connectivity index (χ0) is 13.1. The number of nitrogens with zero attached hydrogens (tertiary/aromatic N) is 1. The van der Waals surface area contributed by atoms with E-state index in [0.29, 0.717) is 20.6 Å². The Morgan fingerprint density at radius 1 is 1.39 bits per heavy atom. The number of rotatable bonds is 2. The monoisotopic (exact) mass is 341 g/mol. The molecular weight excluding hydrogens is 337 g/mol. The molecule has 1 heterocycles. The predicted molar refractivity (Wildman–Crippen MR) is 76.7 cm³/mol. The minimum atomic E-state index is -0.357. The summed E-state index contributed by atoms with van der Waals surface area (Å²) in [4.78, 5) is 0.790. The number of hydrogen-bond donors (Lipinski definition) is 0. The Bertz CT molecular complexity index is 644.